The normalized spacial score (nSPS) is 16.4. The average Bonchev–Trinajstić information content (AvgIpc) is 3.19. The van der Waals surface area contributed by atoms with Crippen LogP contribution in [0.15, 0.2) is 18.2 Å². The summed E-state index contributed by atoms with van der Waals surface area (Å²) in [6, 6.07) is 6.03. The van der Waals surface area contributed by atoms with Gasteiger partial charge in [-0.2, -0.15) is 5.10 Å². The van der Waals surface area contributed by atoms with Crippen LogP contribution in [0.5, 0.6) is 0 Å². The Bertz CT molecular complexity index is 1030. The first kappa shape index (κ1) is 19.1. The topological polar surface area (TPSA) is 62.7 Å². The quantitative estimate of drug-likeness (QED) is 0.649. The summed E-state index contributed by atoms with van der Waals surface area (Å²) in [5.41, 5.74) is 6.78. The molecule has 1 unspecified atom stereocenters. The molecule has 28 heavy (non-hydrogen) atoms. The summed E-state index contributed by atoms with van der Waals surface area (Å²) in [7, 11) is 0. The molecule has 2 heterocycles. The molecular formula is C22H27ClN4O. The van der Waals surface area contributed by atoms with Crippen molar-refractivity contribution in [2.24, 2.45) is 0 Å². The average molecular weight is 399 g/mol. The van der Waals surface area contributed by atoms with E-state index in [4.69, 9.17) is 11.6 Å². The molecule has 1 atom stereocenters. The number of nitrogens with one attached hydrogen (secondary N) is 2. The van der Waals surface area contributed by atoms with Crippen LogP contribution in [0.1, 0.15) is 60.4 Å². The van der Waals surface area contributed by atoms with E-state index >= 15 is 0 Å². The van der Waals surface area contributed by atoms with E-state index in [2.05, 4.69) is 35.3 Å². The molecule has 1 aliphatic rings. The molecule has 0 radical (unpaired) electrons. The van der Waals surface area contributed by atoms with Crippen molar-refractivity contribution in [2.45, 2.75) is 65.5 Å². The molecule has 5 nitrogen and oxygen atoms in total. The molecule has 0 fully saturated rings. The maximum atomic E-state index is 12.7. The Morgan fingerprint density at radius 2 is 2.21 bits per heavy atom. The molecule has 2 aromatic heterocycles. The molecule has 0 saturated heterocycles. The van der Waals surface area contributed by atoms with Crippen LogP contribution in [-0.2, 0) is 24.2 Å². The lowest BCUT2D eigenvalue weighted by atomic mass is 9.91. The number of halogens is 1. The van der Waals surface area contributed by atoms with Crippen LogP contribution in [0.3, 0.4) is 0 Å². The van der Waals surface area contributed by atoms with E-state index in [9.17, 15) is 4.79 Å². The summed E-state index contributed by atoms with van der Waals surface area (Å²) in [4.78, 5) is 16.2. The van der Waals surface area contributed by atoms with E-state index in [1.54, 1.807) is 0 Å². The number of fused-ring (bicyclic) bond motifs is 3. The van der Waals surface area contributed by atoms with Gasteiger partial charge in [0.2, 0.25) is 5.91 Å². The van der Waals surface area contributed by atoms with Crippen LogP contribution in [0.25, 0.3) is 10.9 Å². The highest BCUT2D eigenvalue weighted by molar-refractivity contribution is 6.35. The molecule has 0 bridgehead atoms. The zero-order chi connectivity index (χ0) is 19.8. The second-order valence-corrected chi connectivity index (χ2v) is 8.06. The predicted octanol–water partition coefficient (Wildman–Crippen LogP) is 4.78. The standard InChI is InChI=1S/C22H27ClN4O/c1-4-27-14(3)15(13(2)26-27)11-12-20(28)24-19-10-6-8-17-16-7-5-9-18(23)21(16)25-22(17)19/h5,7,9,19,25H,4,6,8,10-12H2,1-3H3,(H,24,28). The van der Waals surface area contributed by atoms with E-state index in [0.29, 0.717) is 6.42 Å². The van der Waals surface area contributed by atoms with Gasteiger partial charge in [0.1, 0.15) is 0 Å². The highest BCUT2D eigenvalue weighted by Crippen LogP contribution is 2.37. The molecule has 148 valence electrons. The summed E-state index contributed by atoms with van der Waals surface area (Å²) in [5.74, 6) is 0.0886. The van der Waals surface area contributed by atoms with Crippen LogP contribution < -0.4 is 5.32 Å². The minimum absolute atomic E-state index is 0.0280. The summed E-state index contributed by atoms with van der Waals surface area (Å²) >= 11 is 6.36. The number of benzene rings is 1. The van der Waals surface area contributed by atoms with E-state index in [1.165, 1.54) is 16.5 Å². The molecule has 2 N–H and O–H groups in total. The lowest BCUT2D eigenvalue weighted by molar-refractivity contribution is -0.121. The van der Waals surface area contributed by atoms with Crippen molar-refractivity contribution >= 4 is 28.4 Å². The molecule has 6 heteroatoms. The van der Waals surface area contributed by atoms with Gasteiger partial charge in [-0.15, -0.1) is 0 Å². The molecule has 1 amide bonds. The first-order chi connectivity index (χ1) is 13.5. The molecule has 3 aromatic rings. The largest absolute Gasteiger partial charge is 0.355 e. The third-order valence-corrected chi connectivity index (χ3v) is 6.27. The van der Waals surface area contributed by atoms with Gasteiger partial charge in [0.15, 0.2) is 0 Å². The number of aromatic nitrogens is 3. The number of hydrogen-bond donors (Lipinski definition) is 2. The van der Waals surface area contributed by atoms with Crippen molar-refractivity contribution < 1.29 is 4.79 Å². The number of amides is 1. The first-order valence-corrected chi connectivity index (χ1v) is 10.5. The van der Waals surface area contributed by atoms with Crippen LogP contribution >= 0.6 is 11.6 Å². The monoisotopic (exact) mass is 398 g/mol. The fourth-order valence-corrected chi connectivity index (χ4v) is 4.73. The second-order valence-electron chi connectivity index (χ2n) is 7.66. The summed E-state index contributed by atoms with van der Waals surface area (Å²) in [6.07, 6.45) is 4.25. The fraction of sp³-hybridized carbons (Fsp3) is 0.455. The Kier molecular flexibility index (Phi) is 5.19. The second kappa shape index (κ2) is 7.63. The van der Waals surface area contributed by atoms with Crippen LogP contribution in [0.2, 0.25) is 5.02 Å². The SMILES string of the molecule is CCn1nc(C)c(CCC(=O)NC2CCCc3c2[nH]c2c(Cl)cccc32)c1C. The summed E-state index contributed by atoms with van der Waals surface area (Å²) in [6.45, 7) is 7.04. The lowest BCUT2D eigenvalue weighted by Crippen LogP contribution is -2.31. The van der Waals surface area contributed by atoms with Gasteiger partial charge in [-0.1, -0.05) is 23.7 Å². The molecule has 0 aliphatic heterocycles. The number of aromatic amines is 1. The Balaban J connectivity index is 1.49. The fourth-order valence-electron chi connectivity index (χ4n) is 4.50. The Morgan fingerprint density at radius 1 is 1.39 bits per heavy atom. The third-order valence-electron chi connectivity index (χ3n) is 5.96. The number of aryl methyl sites for hydroxylation is 3. The van der Waals surface area contributed by atoms with Gasteiger partial charge in [-0.3, -0.25) is 9.48 Å². The van der Waals surface area contributed by atoms with Crippen molar-refractivity contribution in [1.82, 2.24) is 20.1 Å². The van der Waals surface area contributed by atoms with Crippen LogP contribution in [-0.4, -0.2) is 20.7 Å². The Labute approximate surface area is 170 Å². The van der Waals surface area contributed by atoms with Crippen LogP contribution in [0.4, 0.5) is 0 Å². The highest BCUT2D eigenvalue weighted by atomic mass is 35.5. The maximum Gasteiger partial charge on any atom is 0.220 e. The highest BCUT2D eigenvalue weighted by Gasteiger charge is 2.26. The number of carbonyl (C=O) groups excluding carboxylic acids is 1. The number of nitrogens with zero attached hydrogens (tertiary/aromatic N) is 2. The number of carbonyl (C=O) groups is 1. The molecule has 1 aromatic carbocycles. The maximum absolute atomic E-state index is 12.7. The molecule has 1 aliphatic carbocycles. The number of rotatable bonds is 5. The zero-order valence-electron chi connectivity index (χ0n) is 16.7. The van der Waals surface area contributed by atoms with Gasteiger partial charge in [0, 0.05) is 29.7 Å². The van der Waals surface area contributed by atoms with Gasteiger partial charge in [0.25, 0.3) is 0 Å². The third kappa shape index (κ3) is 3.32. The minimum atomic E-state index is 0.0280. The first-order valence-electron chi connectivity index (χ1n) is 10.1. The summed E-state index contributed by atoms with van der Waals surface area (Å²) in [5, 5.41) is 9.71. The molecule has 0 spiro atoms. The van der Waals surface area contributed by atoms with Crippen LogP contribution in [0, 0.1) is 13.8 Å². The van der Waals surface area contributed by atoms with Crippen molar-refractivity contribution in [3.05, 3.63) is 51.4 Å². The van der Waals surface area contributed by atoms with E-state index in [0.717, 1.165) is 59.8 Å². The van der Waals surface area contributed by atoms with Gasteiger partial charge >= 0.3 is 0 Å². The van der Waals surface area contributed by atoms with Gasteiger partial charge in [0.05, 0.1) is 22.3 Å². The van der Waals surface area contributed by atoms with Crippen molar-refractivity contribution in [3.8, 4) is 0 Å². The molecule has 0 saturated carbocycles. The minimum Gasteiger partial charge on any atom is -0.355 e. The number of H-pyrrole nitrogens is 1. The lowest BCUT2D eigenvalue weighted by Gasteiger charge is -2.24. The van der Waals surface area contributed by atoms with Gasteiger partial charge < -0.3 is 10.3 Å². The molecule has 4 rings (SSSR count). The zero-order valence-corrected chi connectivity index (χ0v) is 17.5. The smallest absolute Gasteiger partial charge is 0.220 e. The Morgan fingerprint density at radius 3 is 2.96 bits per heavy atom. The van der Waals surface area contributed by atoms with Gasteiger partial charge in [-0.05, 0) is 63.6 Å². The predicted molar refractivity (Wildman–Crippen MR) is 113 cm³/mol. The van der Waals surface area contributed by atoms with E-state index in [-0.39, 0.29) is 11.9 Å². The number of hydrogen-bond acceptors (Lipinski definition) is 2. The van der Waals surface area contributed by atoms with E-state index < -0.39 is 0 Å². The molecular weight excluding hydrogens is 372 g/mol. The van der Waals surface area contributed by atoms with Crippen molar-refractivity contribution in [1.29, 1.82) is 0 Å². The van der Waals surface area contributed by atoms with E-state index in [1.807, 2.05) is 23.7 Å². The van der Waals surface area contributed by atoms with Crippen molar-refractivity contribution in [3.63, 3.8) is 0 Å². The summed E-state index contributed by atoms with van der Waals surface area (Å²) < 4.78 is 2.00. The Hall–Kier alpha value is -2.27. The van der Waals surface area contributed by atoms with Crippen molar-refractivity contribution in [2.75, 3.05) is 0 Å². The number of para-hydroxylation sites is 1. The van der Waals surface area contributed by atoms with Gasteiger partial charge in [-0.25, -0.2) is 0 Å².